The standard InChI is InChI=1S/C26H27N3/c1-3-23-21-17-11-12-18-22(21)24-25(19-13-7-5-8-14-19)27-29(26(24)28(23)4-2)20-15-9-6-10-16-20/h5-18,23-24,26H,3-4H2,1-2H3/t23?,24-,26+/m0/s1. The van der Waals surface area contributed by atoms with Crippen LogP contribution in [-0.2, 0) is 0 Å². The van der Waals surface area contributed by atoms with Gasteiger partial charge >= 0.3 is 0 Å². The van der Waals surface area contributed by atoms with Crippen LogP contribution in [0.4, 0.5) is 5.69 Å². The van der Waals surface area contributed by atoms with E-state index in [0.717, 1.165) is 18.7 Å². The van der Waals surface area contributed by atoms with Crippen LogP contribution in [0, 0.1) is 0 Å². The minimum atomic E-state index is 0.192. The van der Waals surface area contributed by atoms with Crippen molar-refractivity contribution in [1.29, 1.82) is 0 Å². The lowest BCUT2D eigenvalue weighted by Gasteiger charge is -2.46. The molecule has 3 atom stereocenters. The average Bonchev–Trinajstić information content (AvgIpc) is 3.20. The second kappa shape index (κ2) is 7.49. The maximum absolute atomic E-state index is 5.25. The van der Waals surface area contributed by atoms with E-state index in [2.05, 4.69) is 109 Å². The van der Waals surface area contributed by atoms with Crippen molar-refractivity contribution in [2.45, 2.75) is 38.4 Å². The van der Waals surface area contributed by atoms with Gasteiger partial charge in [0.05, 0.1) is 17.3 Å². The van der Waals surface area contributed by atoms with Crippen molar-refractivity contribution < 1.29 is 0 Å². The van der Waals surface area contributed by atoms with Gasteiger partial charge in [-0.3, -0.25) is 4.90 Å². The Morgan fingerprint density at radius 1 is 0.759 bits per heavy atom. The second-order valence-corrected chi connectivity index (χ2v) is 7.81. The zero-order chi connectivity index (χ0) is 19.8. The minimum Gasteiger partial charge on any atom is -0.274 e. The molecule has 0 aromatic heterocycles. The molecular formula is C26H27N3. The molecule has 0 radical (unpaired) electrons. The summed E-state index contributed by atoms with van der Waals surface area (Å²) in [6.45, 7) is 5.57. The maximum atomic E-state index is 5.25. The Hall–Kier alpha value is -2.91. The number of hydrogen-bond donors (Lipinski definition) is 0. The molecule has 0 fully saturated rings. The van der Waals surface area contributed by atoms with E-state index in [4.69, 9.17) is 5.10 Å². The van der Waals surface area contributed by atoms with E-state index >= 15 is 0 Å². The molecule has 29 heavy (non-hydrogen) atoms. The molecule has 3 aromatic carbocycles. The molecule has 0 saturated heterocycles. The Morgan fingerprint density at radius 2 is 1.38 bits per heavy atom. The zero-order valence-electron chi connectivity index (χ0n) is 17.1. The number of hydrazone groups is 1. The molecule has 0 spiro atoms. The molecule has 1 unspecified atom stereocenters. The van der Waals surface area contributed by atoms with Gasteiger partial charge in [-0.1, -0.05) is 86.6 Å². The third kappa shape index (κ3) is 2.89. The molecule has 146 valence electrons. The Balaban J connectivity index is 1.73. The van der Waals surface area contributed by atoms with E-state index < -0.39 is 0 Å². The number of benzene rings is 3. The molecule has 0 amide bonds. The minimum absolute atomic E-state index is 0.192. The van der Waals surface area contributed by atoms with Crippen molar-refractivity contribution >= 4 is 11.4 Å². The average molecular weight is 382 g/mol. The van der Waals surface area contributed by atoms with Crippen LogP contribution < -0.4 is 5.01 Å². The van der Waals surface area contributed by atoms with Gasteiger partial charge in [-0.25, -0.2) is 5.01 Å². The summed E-state index contributed by atoms with van der Waals surface area (Å²) in [6, 6.07) is 30.7. The summed E-state index contributed by atoms with van der Waals surface area (Å²) in [5, 5.41) is 7.51. The fourth-order valence-corrected chi connectivity index (χ4v) is 5.12. The summed E-state index contributed by atoms with van der Waals surface area (Å²) in [5.74, 6) is 0.233. The SMILES string of the molecule is CCC1c2ccccc2[C@H]2C(c3ccccc3)=NN(c3ccccc3)[C@H]2N1CC. The molecule has 3 heteroatoms. The predicted molar refractivity (Wildman–Crippen MR) is 120 cm³/mol. The van der Waals surface area contributed by atoms with Crippen LogP contribution in [0.2, 0.25) is 0 Å². The van der Waals surface area contributed by atoms with Crippen molar-refractivity contribution in [3.8, 4) is 0 Å². The monoisotopic (exact) mass is 381 g/mol. The van der Waals surface area contributed by atoms with Gasteiger partial charge < -0.3 is 0 Å². The molecule has 3 aromatic rings. The third-order valence-electron chi connectivity index (χ3n) is 6.33. The van der Waals surface area contributed by atoms with Crippen molar-refractivity contribution in [2.24, 2.45) is 5.10 Å². The van der Waals surface area contributed by atoms with Gasteiger partial charge in [-0.05, 0) is 41.8 Å². The van der Waals surface area contributed by atoms with Crippen molar-refractivity contribution in [3.05, 3.63) is 102 Å². The first-order valence-electron chi connectivity index (χ1n) is 10.7. The van der Waals surface area contributed by atoms with Crippen LogP contribution in [0.1, 0.15) is 48.9 Å². The number of hydrogen-bond acceptors (Lipinski definition) is 3. The fourth-order valence-electron chi connectivity index (χ4n) is 5.12. The van der Waals surface area contributed by atoms with Crippen LogP contribution in [0.15, 0.2) is 90.0 Å². The van der Waals surface area contributed by atoms with Gasteiger partial charge in [-0.2, -0.15) is 5.10 Å². The Bertz CT molecular complexity index is 1010. The summed E-state index contributed by atoms with van der Waals surface area (Å²) in [4.78, 5) is 2.64. The fraction of sp³-hybridized carbons (Fsp3) is 0.269. The first-order chi connectivity index (χ1) is 14.3. The zero-order valence-corrected chi connectivity index (χ0v) is 17.1. The van der Waals surface area contributed by atoms with Crippen LogP contribution in [0.25, 0.3) is 0 Å². The highest BCUT2D eigenvalue weighted by atomic mass is 15.6. The van der Waals surface area contributed by atoms with E-state index in [0.29, 0.717) is 6.04 Å². The maximum Gasteiger partial charge on any atom is 0.118 e. The van der Waals surface area contributed by atoms with Crippen LogP contribution in [0.3, 0.4) is 0 Å². The number of anilines is 1. The van der Waals surface area contributed by atoms with Gasteiger partial charge in [-0.15, -0.1) is 0 Å². The molecule has 2 aliphatic rings. The van der Waals surface area contributed by atoms with Gasteiger partial charge in [0, 0.05) is 6.04 Å². The summed E-state index contributed by atoms with van der Waals surface area (Å²) < 4.78 is 0. The van der Waals surface area contributed by atoms with Gasteiger partial charge in [0.15, 0.2) is 0 Å². The molecule has 2 aliphatic heterocycles. The van der Waals surface area contributed by atoms with Gasteiger partial charge in [0.2, 0.25) is 0 Å². The van der Waals surface area contributed by atoms with E-state index in [1.54, 1.807) is 0 Å². The quantitative estimate of drug-likeness (QED) is 0.568. The summed E-state index contributed by atoms with van der Waals surface area (Å²) >= 11 is 0. The molecule has 0 aliphatic carbocycles. The summed E-state index contributed by atoms with van der Waals surface area (Å²) in [7, 11) is 0. The highest BCUT2D eigenvalue weighted by molar-refractivity contribution is 6.08. The lowest BCUT2D eigenvalue weighted by molar-refractivity contribution is 0.117. The third-order valence-corrected chi connectivity index (χ3v) is 6.33. The topological polar surface area (TPSA) is 18.8 Å². The van der Waals surface area contributed by atoms with E-state index in [9.17, 15) is 0 Å². The van der Waals surface area contributed by atoms with Crippen molar-refractivity contribution in [1.82, 2.24) is 4.90 Å². The molecule has 2 heterocycles. The Labute approximate surface area is 173 Å². The number of para-hydroxylation sites is 1. The van der Waals surface area contributed by atoms with Gasteiger partial charge in [0.25, 0.3) is 0 Å². The lowest BCUT2D eigenvalue weighted by Crippen LogP contribution is -2.52. The molecule has 3 nitrogen and oxygen atoms in total. The van der Waals surface area contributed by atoms with E-state index in [1.807, 2.05) is 0 Å². The summed E-state index contributed by atoms with van der Waals surface area (Å²) in [5.41, 5.74) is 6.41. The van der Waals surface area contributed by atoms with E-state index in [-0.39, 0.29) is 12.1 Å². The first kappa shape index (κ1) is 18.1. The number of rotatable bonds is 4. The van der Waals surface area contributed by atoms with Crippen molar-refractivity contribution in [2.75, 3.05) is 11.6 Å². The number of fused-ring (bicyclic) bond motifs is 3. The second-order valence-electron chi connectivity index (χ2n) is 7.81. The number of likely N-dealkylation sites (N-methyl/N-ethyl adjacent to an activating group) is 1. The molecule has 0 bridgehead atoms. The first-order valence-corrected chi connectivity index (χ1v) is 10.7. The van der Waals surface area contributed by atoms with E-state index in [1.165, 1.54) is 22.4 Å². The molecule has 0 N–H and O–H groups in total. The Morgan fingerprint density at radius 3 is 2.03 bits per heavy atom. The van der Waals surface area contributed by atoms with Crippen LogP contribution in [0.5, 0.6) is 0 Å². The largest absolute Gasteiger partial charge is 0.274 e. The summed E-state index contributed by atoms with van der Waals surface area (Å²) in [6.07, 6.45) is 1.29. The van der Waals surface area contributed by atoms with Gasteiger partial charge in [0.1, 0.15) is 6.17 Å². The molecular weight excluding hydrogens is 354 g/mol. The van der Waals surface area contributed by atoms with Crippen molar-refractivity contribution in [3.63, 3.8) is 0 Å². The predicted octanol–water partition coefficient (Wildman–Crippen LogP) is 5.81. The molecule has 0 saturated carbocycles. The van der Waals surface area contributed by atoms with Crippen LogP contribution >= 0.6 is 0 Å². The molecule has 5 rings (SSSR count). The highest BCUT2D eigenvalue weighted by Gasteiger charge is 2.48. The lowest BCUT2D eigenvalue weighted by atomic mass is 9.78. The Kier molecular flexibility index (Phi) is 4.69. The number of nitrogens with zero attached hydrogens (tertiary/aromatic N) is 3. The van der Waals surface area contributed by atoms with Crippen LogP contribution in [-0.4, -0.2) is 23.3 Å². The highest BCUT2D eigenvalue weighted by Crippen LogP contribution is 2.48. The smallest absolute Gasteiger partial charge is 0.118 e. The normalized spacial score (nSPS) is 23.4.